The van der Waals surface area contributed by atoms with Crippen molar-refractivity contribution in [1.82, 2.24) is 20.4 Å². The van der Waals surface area contributed by atoms with Gasteiger partial charge in [-0.15, -0.1) is 0 Å². The zero-order chi connectivity index (χ0) is 20.4. The number of guanidine groups is 1. The molecular formula is C22H37N5O. The van der Waals surface area contributed by atoms with Crippen LogP contribution in [-0.4, -0.2) is 75.0 Å². The Morgan fingerprint density at radius 3 is 2.68 bits per heavy atom. The molecule has 1 amide bonds. The predicted octanol–water partition coefficient (Wildman–Crippen LogP) is 2.22. The Morgan fingerprint density at radius 1 is 1.25 bits per heavy atom. The second-order valence-corrected chi connectivity index (χ2v) is 7.86. The Bertz CT molecular complexity index is 636. The molecule has 0 aliphatic carbocycles. The van der Waals surface area contributed by atoms with Gasteiger partial charge in [0.05, 0.1) is 6.54 Å². The van der Waals surface area contributed by atoms with Gasteiger partial charge in [-0.2, -0.15) is 0 Å². The van der Waals surface area contributed by atoms with Gasteiger partial charge in [-0.05, 0) is 62.9 Å². The molecule has 28 heavy (non-hydrogen) atoms. The number of hydrogen-bond donors (Lipinski definition) is 2. The zero-order valence-corrected chi connectivity index (χ0v) is 18.0. The number of likely N-dealkylation sites (tertiary alicyclic amines) is 1. The third-order valence-electron chi connectivity index (χ3n) is 5.19. The number of aliphatic imine (C=N–C) groups is 1. The summed E-state index contributed by atoms with van der Waals surface area (Å²) in [7, 11) is 3.56. The van der Waals surface area contributed by atoms with E-state index in [0.717, 1.165) is 55.6 Å². The lowest BCUT2D eigenvalue weighted by Gasteiger charge is -2.29. The van der Waals surface area contributed by atoms with E-state index < -0.39 is 0 Å². The van der Waals surface area contributed by atoms with Crippen molar-refractivity contribution in [3.63, 3.8) is 0 Å². The number of nitrogens with one attached hydrogen (secondary N) is 2. The molecular weight excluding hydrogens is 350 g/mol. The highest BCUT2D eigenvalue weighted by Gasteiger charge is 2.14. The number of piperidine rings is 1. The van der Waals surface area contributed by atoms with E-state index in [-0.39, 0.29) is 5.91 Å². The summed E-state index contributed by atoms with van der Waals surface area (Å²) in [6.07, 6.45) is 3.46. The molecule has 1 fully saturated rings. The van der Waals surface area contributed by atoms with Crippen LogP contribution in [0.3, 0.4) is 0 Å². The molecule has 0 bridgehead atoms. The highest BCUT2D eigenvalue weighted by atomic mass is 16.2. The number of amides is 1. The summed E-state index contributed by atoms with van der Waals surface area (Å²) < 4.78 is 0. The van der Waals surface area contributed by atoms with E-state index in [0.29, 0.717) is 0 Å². The fourth-order valence-electron chi connectivity index (χ4n) is 3.37. The first-order valence-electron chi connectivity index (χ1n) is 10.5. The SMILES string of the molecule is CCNC(=NCCN1CCC(C)CC1)NCCc1cccc(C(=O)N(C)C)c1. The van der Waals surface area contributed by atoms with Crippen molar-refractivity contribution >= 4 is 11.9 Å². The molecule has 2 N–H and O–H groups in total. The Morgan fingerprint density at radius 2 is 2.00 bits per heavy atom. The van der Waals surface area contributed by atoms with Gasteiger partial charge in [0.15, 0.2) is 5.96 Å². The monoisotopic (exact) mass is 387 g/mol. The van der Waals surface area contributed by atoms with Gasteiger partial charge < -0.3 is 20.4 Å². The summed E-state index contributed by atoms with van der Waals surface area (Å²) in [5.74, 6) is 1.77. The van der Waals surface area contributed by atoms with E-state index >= 15 is 0 Å². The van der Waals surface area contributed by atoms with Crippen molar-refractivity contribution in [3.05, 3.63) is 35.4 Å². The molecule has 156 valence electrons. The van der Waals surface area contributed by atoms with Gasteiger partial charge in [0.1, 0.15) is 0 Å². The first kappa shape index (κ1) is 22.2. The Kier molecular flexibility index (Phi) is 9.28. The minimum atomic E-state index is 0.0387. The lowest BCUT2D eigenvalue weighted by molar-refractivity contribution is 0.0827. The van der Waals surface area contributed by atoms with Crippen LogP contribution in [0.1, 0.15) is 42.6 Å². The van der Waals surface area contributed by atoms with Crippen molar-refractivity contribution in [2.75, 3.05) is 53.4 Å². The summed E-state index contributed by atoms with van der Waals surface area (Å²) in [6.45, 7) is 10.3. The molecule has 1 saturated heterocycles. The smallest absolute Gasteiger partial charge is 0.253 e. The van der Waals surface area contributed by atoms with Crippen LogP contribution < -0.4 is 10.6 Å². The second-order valence-electron chi connectivity index (χ2n) is 7.86. The lowest BCUT2D eigenvalue weighted by Crippen LogP contribution is -2.39. The van der Waals surface area contributed by atoms with E-state index in [1.54, 1.807) is 19.0 Å². The molecule has 6 nitrogen and oxygen atoms in total. The number of benzene rings is 1. The van der Waals surface area contributed by atoms with Gasteiger partial charge in [0.2, 0.25) is 0 Å². The van der Waals surface area contributed by atoms with Gasteiger partial charge >= 0.3 is 0 Å². The minimum absolute atomic E-state index is 0.0387. The number of carbonyl (C=O) groups excluding carboxylic acids is 1. The first-order valence-corrected chi connectivity index (χ1v) is 10.5. The van der Waals surface area contributed by atoms with Gasteiger partial charge in [-0.3, -0.25) is 9.79 Å². The van der Waals surface area contributed by atoms with Crippen LogP contribution in [0.5, 0.6) is 0 Å². The standard InChI is InChI=1S/C22H37N5O/c1-5-23-22(25-13-16-27-14-10-18(2)11-15-27)24-12-9-19-7-6-8-20(17-19)21(28)26(3)4/h6-8,17-18H,5,9-16H2,1-4H3,(H2,23,24,25). The van der Waals surface area contributed by atoms with Crippen LogP contribution in [-0.2, 0) is 6.42 Å². The summed E-state index contributed by atoms with van der Waals surface area (Å²) in [6, 6.07) is 7.86. The third-order valence-corrected chi connectivity index (χ3v) is 5.19. The largest absolute Gasteiger partial charge is 0.357 e. The number of rotatable bonds is 8. The molecule has 1 aromatic rings. The molecule has 0 spiro atoms. The Balaban J connectivity index is 1.79. The molecule has 0 atom stereocenters. The van der Waals surface area contributed by atoms with Gasteiger partial charge in [-0.1, -0.05) is 19.1 Å². The van der Waals surface area contributed by atoms with Crippen molar-refractivity contribution in [3.8, 4) is 0 Å². The summed E-state index contributed by atoms with van der Waals surface area (Å²) in [5.41, 5.74) is 1.89. The second kappa shape index (κ2) is 11.7. The van der Waals surface area contributed by atoms with Crippen molar-refractivity contribution < 1.29 is 4.79 Å². The van der Waals surface area contributed by atoms with Gasteiger partial charge in [0.25, 0.3) is 5.91 Å². The molecule has 0 aromatic heterocycles. The summed E-state index contributed by atoms with van der Waals surface area (Å²) in [4.78, 5) is 20.9. The zero-order valence-electron chi connectivity index (χ0n) is 18.0. The molecule has 1 aromatic carbocycles. The highest BCUT2D eigenvalue weighted by molar-refractivity contribution is 5.94. The maximum absolute atomic E-state index is 12.1. The molecule has 1 aliphatic rings. The maximum atomic E-state index is 12.1. The fraction of sp³-hybridized carbons (Fsp3) is 0.636. The number of nitrogens with zero attached hydrogens (tertiary/aromatic N) is 3. The molecule has 1 aliphatic heterocycles. The quantitative estimate of drug-likeness (QED) is 0.530. The van der Waals surface area contributed by atoms with Crippen molar-refractivity contribution in [2.24, 2.45) is 10.9 Å². The average molecular weight is 388 g/mol. The minimum Gasteiger partial charge on any atom is -0.357 e. The average Bonchev–Trinajstić information content (AvgIpc) is 2.69. The predicted molar refractivity (Wildman–Crippen MR) is 117 cm³/mol. The first-order chi connectivity index (χ1) is 13.5. The van der Waals surface area contributed by atoms with Crippen LogP contribution >= 0.6 is 0 Å². The lowest BCUT2D eigenvalue weighted by atomic mass is 9.99. The Hall–Kier alpha value is -2.08. The van der Waals surface area contributed by atoms with E-state index in [9.17, 15) is 4.79 Å². The van der Waals surface area contributed by atoms with Crippen molar-refractivity contribution in [1.29, 1.82) is 0 Å². The van der Waals surface area contributed by atoms with Gasteiger partial charge in [0, 0.05) is 39.3 Å². The summed E-state index contributed by atoms with van der Waals surface area (Å²) >= 11 is 0. The number of carbonyl (C=O) groups is 1. The fourth-order valence-corrected chi connectivity index (χ4v) is 3.37. The van der Waals surface area contributed by atoms with E-state index in [4.69, 9.17) is 4.99 Å². The van der Waals surface area contributed by atoms with E-state index in [2.05, 4.69) is 35.4 Å². The summed E-state index contributed by atoms with van der Waals surface area (Å²) in [5, 5.41) is 6.73. The Labute approximate surface area is 170 Å². The van der Waals surface area contributed by atoms with Crippen LogP contribution in [0, 0.1) is 5.92 Å². The molecule has 0 unspecified atom stereocenters. The third kappa shape index (κ3) is 7.50. The molecule has 1 heterocycles. The normalized spacial score (nSPS) is 16.1. The number of hydrogen-bond acceptors (Lipinski definition) is 3. The van der Waals surface area contributed by atoms with E-state index in [1.165, 1.54) is 25.9 Å². The van der Waals surface area contributed by atoms with Gasteiger partial charge in [-0.25, -0.2) is 0 Å². The van der Waals surface area contributed by atoms with E-state index in [1.807, 2.05) is 18.2 Å². The van der Waals surface area contributed by atoms with Crippen LogP contribution in [0.15, 0.2) is 29.3 Å². The van der Waals surface area contributed by atoms with Crippen LogP contribution in [0.2, 0.25) is 0 Å². The molecule has 0 radical (unpaired) electrons. The van der Waals surface area contributed by atoms with Crippen molar-refractivity contribution in [2.45, 2.75) is 33.1 Å². The molecule has 2 rings (SSSR count). The topological polar surface area (TPSA) is 60.0 Å². The van der Waals surface area contributed by atoms with Crippen LogP contribution in [0.4, 0.5) is 0 Å². The highest BCUT2D eigenvalue weighted by Crippen LogP contribution is 2.15. The maximum Gasteiger partial charge on any atom is 0.253 e. The molecule has 0 saturated carbocycles. The molecule has 6 heteroatoms. The van der Waals surface area contributed by atoms with Crippen LogP contribution in [0.25, 0.3) is 0 Å².